The molecule has 2 heterocycles. The second-order valence-corrected chi connectivity index (χ2v) is 8.56. The van der Waals surface area contributed by atoms with Crippen molar-refractivity contribution in [2.24, 2.45) is 4.99 Å². The lowest BCUT2D eigenvalue weighted by Gasteiger charge is -2.12. The van der Waals surface area contributed by atoms with E-state index < -0.39 is 5.97 Å². The number of benzene rings is 2. The topological polar surface area (TPSA) is 83.1 Å². The molecule has 0 unspecified atom stereocenters. The fraction of sp³-hybridized carbons (Fsp3) is 0.0870. The van der Waals surface area contributed by atoms with E-state index in [2.05, 4.69) is 4.99 Å². The number of nitrogens with zero attached hydrogens (tertiary/aromatic N) is 2. The molecule has 1 N–H and O–H groups in total. The summed E-state index contributed by atoms with van der Waals surface area (Å²) in [5.74, 6) is -0.131. The first-order valence-corrected chi connectivity index (χ1v) is 11.1. The van der Waals surface area contributed by atoms with Crippen LogP contribution in [0, 0.1) is 0 Å². The molecule has 0 bridgehead atoms. The molecule has 1 aliphatic heterocycles. The second kappa shape index (κ2) is 9.24. The van der Waals surface area contributed by atoms with E-state index in [1.807, 2.05) is 6.92 Å². The van der Waals surface area contributed by atoms with E-state index in [0.717, 1.165) is 5.56 Å². The van der Waals surface area contributed by atoms with Crippen molar-refractivity contribution in [3.63, 3.8) is 0 Å². The van der Waals surface area contributed by atoms with E-state index in [1.165, 1.54) is 28.8 Å². The molecule has 9 heteroatoms. The van der Waals surface area contributed by atoms with E-state index in [0.29, 0.717) is 43.9 Å². The molecule has 1 aliphatic rings. The van der Waals surface area contributed by atoms with E-state index in [-0.39, 0.29) is 11.5 Å². The lowest BCUT2D eigenvalue weighted by atomic mass is 10.2. The molecule has 0 spiro atoms. The number of rotatable bonds is 5. The number of hydrogen-bond acceptors (Lipinski definition) is 5. The smallest absolute Gasteiger partial charge is 0.335 e. The fourth-order valence-corrected chi connectivity index (χ4v) is 4.39. The van der Waals surface area contributed by atoms with Crippen LogP contribution < -0.4 is 0 Å². The number of furan rings is 1. The molecule has 32 heavy (non-hydrogen) atoms. The second-order valence-electron chi connectivity index (χ2n) is 6.74. The van der Waals surface area contributed by atoms with Crippen LogP contribution in [0.5, 0.6) is 0 Å². The van der Waals surface area contributed by atoms with Crippen LogP contribution in [0.25, 0.3) is 17.4 Å². The minimum Gasteiger partial charge on any atom is -0.478 e. The van der Waals surface area contributed by atoms with Crippen LogP contribution in [-0.2, 0) is 4.79 Å². The lowest BCUT2D eigenvalue weighted by Crippen LogP contribution is -2.28. The number of carbonyl (C=O) groups is 2. The number of amidine groups is 1. The Labute approximate surface area is 198 Å². The molecular formula is C23H16Cl2N2O4S. The Morgan fingerprint density at radius 2 is 1.97 bits per heavy atom. The Balaban J connectivity index is 1.62. The van der Waals surface area contributed by atoms with Gasteiger partial charge in [0.1, 0.15) is 11.5 Å². The van der Waals surface area contributed by atoms with Gasteiger partial charge in [-0.05, 0) is 67.2 Å². The van der Waals surface area contributed by atoms with Crippen LogP contribution in [-0.4, -0.2) is 33.6 Å². The van der Waals surface area contributed by atoms with Crippen molar-refractivity contribution >= 4 is 63.8 Å². The van der Waals surface area contributed by atoms with Crippen molar-refractivity contribution in [1.29, 1.82) is 0 Å². The van der Waals surface area contributed by atoms with Crippen molar-refractivity contribution in [3.8, 4) is 11.3 Å². The first kappa shape index (κ1) is 22.2. The molecule has 0 atom stereocenters. The van der Waals surface area contributed by atoms with Crippen molar-refractivity contribution in [2.45, 2.75) is 6.92 Å². The standard InChI is InChI=1S/C23H16Cl2N2O4S/c1-2-27-21(28)20(32-23(27)26-15-5-3-4-14(10-15)22(29)30)12-16-7-9-19(31-16)13-6-8-17(24)18(25)11-13/h3-12H,2H2,1H3,(H,29,30)/b20-12-,26-23?. The van der Waals surface area contributed by atoms with Crippen molar-refractivity contribution < 1.29 is 19.1 Å². The van der Waals surface area contributed by atoms with Crippen molar-refractivity contribution in [1.82, 2.24) is 4.90 Å². The number of amides is 1. The zero-order valence-corrected chi connectivity index (χ0v) is 19.0. The molecule has 162 valence electrons. The fourth-order valence-electron chi connectivity index (χ4n) is 3.05. The van der Waals surface area contributed by atoms with E-state index >= 15 is 0 Å². The number of halogens is 2. The number of aromatic carboxylic acids is 1. The van der Waals surface area contributed by atoms with Gasteiger partial charge >= 0.3 is 5.97 Å². The number of carboxylic acid groups (broad SMARTS) is 1. The molecule has 1 amide bonds. The zero-order valence-electron chi connectivity index (χ0n) is 16.7. The minimum atomic E-state index is -1.04. The summed E-state index contributed by atoms with van der Waals surface area (Å²) in [6.45, 7) is 2.27. The molecule has 1 fully saturated rings. The van der Waals surface area contributed by atoms with Crippen LogP contribution in [0.2, 0.25) is 10.0 Å². The minimum absolute atomic E-state index is 0.130. The van der Waals surface area contributed by atoms with Crippen LogP contribution in [0.1, 0.15) is 23.0 Å². The highest BCUT2D eigenvalue weighted by Crippen LogP contribution is 2.35. The number of thioether (sulfide) groups is 1. The third kappa shape index (κ3) is 4.60. The first-order chi connectivity index (χ1) is 15.4. The predicted octanol–water partition coefficient (Wildman–Crippen LogP) is 6.58. The van der Waals surface area contributed by atoms with Crippen molar-refractivity contribution in [3.05, 3.63) is 80.9 Å². The summed E-state index contributed by atoms with van der Waals surface area (Å²) in [6.07, 6.45) is 1.66. The molecule has 1 saturated heterocycles. The molecule has 2 aromatic carbocycles. The van der Waals surface area contributed by atoms with Gasteiger partial charge in [0.15, 0.2) is 5.17 Å². The van der Waals surface area contributed by atoms with Crippen molar-refractivity contribution in [2.75, 3.05) is 6.54 Å². The van der Waals surface area contributed by atoms with Gasteiger partial charge < -0.3 is 9.52 Å². The maximum absolute atomic E-state index is 12.9. The van der Waals surface area contributed by atoms with Gasteiger partial charge in [0.05, 0.1) is 26.2 Å². The highest BCUT2D eigenvalue weighted by molar-refractivity contribution is 8.18. The summed E-state index contributed by atoms with van der Waals surface area (Å²) in [4.78, 5) is 30.5. The van der Waals surface area contributed by atoms with Crippen LogP contribution in [0.3, 0.4) is 0 Å². The SMILES string of the molecule is CCN1C(=O)/C(=C/c2ccc(-c3ccc(Cl)c(Cl)c3)o2)SC1=Nc1cccc(C(=O)O)c1. The van der Waals surface area contributed by atoms with Gasteiger partial charge in [-0.15, -0.1) is 0 Å². The number of likely N-dealkylation sites (N-methyl/N-ethyl adjacent to an activating group) is 1. The number of aliphatic imine (C=N–C) groups is 1. The quantitative estimate of drug-likeness (QED) is 0.412. The Kier molecular flexibility index (Phi) is 6.41. The molecule has 3 aromatic rings. The summed E-state index contributed by atoms with van der Waals surface area (Å²) >= 11 is 13.3. The Morgan fingerprint density at radius 3 is 2.69 bits per heavy atom. The van der Waals surface area contributed by atoms with Gasteiger partial charge in [0.2, 0.25) is 0 Å². The normalized spacial score (nSPS) is 16.3. The van der Waals surface area contributed by atoms with E-state index in [9.17, 15) is 14.7 Å². The first-order valence-electron chi connectivity index (χ1n) is 9.54. The Morgan fingerprint density at radius 1 is 1.16 bits per heavy atom. The monoisotopic (exact) mass is 486 g/mol. The zero-order chi connectivity index (χ0) is 22.8. The Hall–Kier alpha value is -3.00. The third-order valence-corrected chi connectivity index (χ3v) is 6.37. The van der Waals surface area contributed by atoms with Gasteiger partial charge in [0.25, 0.3) is 5.91 Å². The van der Waals surface area contributed by atoms with E-state index in [4.69, 9.17) is 27.6 Å². The summed E-state index contributed by atoms with van der Waals surface area (Å²) < 4.78 is 5.87. The highest BCUT2D eigenvalue weighted by Gasteiger charge is 2.32. The molecule has 0 aliphatic carbocycles. The number of hydrogen-bond donors (Lipinski definition) is 1. The van der Waals surface area contributed by atoms with E-state index in [1.54, 1.807) is 48.5 Å². The van der Waals surface area contributed by atoms with Gasteiger partial charge in [0, 0.05) is 18.2 Å². The summed E-state index contributed by atoms with van der Waals surface area (Å²) in [5.41, 5.74) is 1.36. The molecule has 6 nitrogen and oxygen atoms in total. The maximum atomic E-state index is 12.9. The lowest BCUT2D eigenvalue weighted by molar-refractivity contribution is -0.122. The summed E-state index contributed by atoms with van der Waals surface area (Å²) in [5, 5.41) is 10.5. The van der Waals surface area contributed by atoms with Gasteiger partial charge in [-0.2, -0.15) is 0 Å². The third-order valence-electron chi connectivity index (χ3n) is 4.63. The molecular weight excluding hydrogens is 471 g/mol. The Bertz CT molecular complexity index is 1280. The summed E-state index contributed by atoms with van der Waals surface area (Å²) in [6, 6.07) is 15.0. The highest BCUT2D eigenvalue weighted by atomic mass is 35.5. The van der Waals surface area contributed by atoms with Gasteiger partial charge in [-0.1, -0.05) is 29.3 Å². The average molecular weight is 487 g/mol. The van der Waals surface area contributed by atoms with Crippen LogP contribution in [0.4, 0.5) is 5.69 Å². The molecule has 0 saturated carbocycles. The van der Waals surface area contributed by atoms with Crippen LogP contribution >= 0.6 is 35.0 Å². The molecule has 0 radical (unpaired) electrons. The number of carboxylic acids is 1. The molecule has 1 aromatic heterocycles. The predicted molar refractivity (Wildman–Crippen MR) is 128 cm³/mol. The van der Waals surface area contributed by atoms with Crippen LogP contribution in [0.15, 0.2) is 68.9 Å². The molecule has 4 rings (SSSR count). The number of carbonyl (C=O) groups excluding carboxylic acids is 1. The maximum Gasteiger partial charge on any atom is 0.335 e. The van der Waals surface area contributed by atoms with Gasteiger partial charge in [-0.3, -0.25) is 9.69 Å². The summed E-state index contributed by atoms with van der Waals surface area (Å²) in [7, 11) is 0. The largest absolute Gasteiger partial charge is 0.478 e. The average Bonchev–Trinajstić information content (AvgIpc) is 3.35. The van der Waals surface area contributed by atoms with Gasteiger partial charge in [-0.25, -0.2) is 9.79 Å².